The predicted molar refractivity (Wildman–Crippen MR) is 51.6 cm³/mol. The van der Waals surface area contributed by atoms with Gasteiger partial charge in [0.25, 0.3) is 0 Å². The molecule has 0 aliphatic heterocycles. The van der Waals surface area contributed by atoms with Gasteiger partial charge >= 0.3 is 0 Å². The average Bonchev–Trinajstić information content (AvgIpc) is 2.03. The lowest BCUT2D eigenvalue weighted by Gasteiger charge is -2.09. The van der Waals surface area contributed by atoms with Gasteiger partial charge in [0.15, 0.2) is 0 Å². The molecule has 1 amide bonds. The van der Waals surface area contributed by atoms with Crippen molar-refractivity contribution >= 4 is 5.91 Å². The Hall–Kier alpha value is -0.790. The van der Waals surface area contributed by atoms with Crippen LogP contribution in [0.25, 0.3) is 0 Å². The maximum atomic E-state index is 10.7. The number of hydrogen-bond acceptors (Lipinski definition) is 1. The van der Waals surface area contributed by atoms with E-state index in [1.165, 1.54) is 5.57 Å². The topological polar surface area (TPSA) is 43.1 Å². The van der Waals surface area contributed by atoms with E-state index in [-0.39, 0.29) is 11.8 Å². The highest BCUT2D eigenvalue weighted by Crippen LogP contribution is 2.15. The molecule has 0 rings (SSSR count). The number of carbonyl (C=O) groups is 1. The minimum absolute atomic E-state index is 0.0252. The minimum Gasteiger partial charge on any atom is -0.369 e. The molecule has 12 heavy (non-hydrogen) atoms. The summed E-state index contributed by atoms with van der Waals surface area (Å²) in [7, 11) is 0. The zero-order valence-electron chi connectivity index (χ0n) is 8.26. The summed E-state index contributed by atoms with van der Waals surface area (Å²) in [6.45, 7) is 6.03. The standard InChI is InChI=1S/C10H19NO/c1-4-6-9(5-2)7-8(3)10(11)12/h5,8H,4,6-7H2,1-3H3,(H2,11,12)/b9-5+. The second kappa shape index (κ2) is 5.81. The SMILES string of the molecule is C/C=C(\CCC)CC(C)C(N)=O. The Balaban J connectivity index is 3.95. The first-order valence-corrected chi connectivity index (χ1v) is 4.55. The van der Waals surface area contributed by atoms with E-state index >= 15 is 0 Å². The zero-order chi connectivity index (χ0) is 9.56. The van der Waals surface area contributed by atoms with Gasteiger partial charge in [-0.15, -0.1) is 0 Å². The number of allylic oxidation sites excluding steroid dienone is 2. The van der Waals surface area contributed by atoms with Crippen LogP contribution in [0.15, 0.2) is 11.6 Å². The summed E-state index contributed by atoms with van der Waals surface area (Å²) in [5, 5.41) is 0. The lowest BCUT2D eigenvalue weighted by molar-refractivity contribution is -0.121. The first kappa shape index (κ1) is 11.2. The minimum atomic E-state index is -0.203. The van der Waals surface area contributed by atoms with Crippen LogP contribution >= 0.6 is 0 Å². The van der Waals surface area contributed by atoms with Crippen LogP contribution in [0.4, 0.5) is 0 Å². The molecule has 2 N–H and O–H groups in total. The van der Waals surface area contributed by atoms with E-state index < -0.39 is 0 Å². The quantitative estimate of drug-likeness (QED) is 0.630. The molecular weight excluding hydrogens is 150 g/mol. The third-order valence-corrected chi connectivity index (χ3v) is 2.03. The highest BCUT2D eigenvalue weighted by molar-refractivity contribution is 5.76. The molecule has 0 aliphatic carbocycles. The normalized spacial score (nSPS) is 14.4. The van der Waals surface area contributed by atoms with Crippen molar-refractivity contribution in [2.75, 3.05) is 0 Å². The lowest BCUT2D eigenvalue weighted by atomic mass is 9.97. The van der Waals surface area contributed by atoms with E-state index in [9.17, 15) is 4.79 Å². The van der Waals surface area contributed by atoms with Crippen molar-refractivity contribution in [2.45, 2.75) is 40.0 Å². The van der Waals surface area contributed by atoms with Crippen molar-refractivity contribution in [1.29, 1.82) is 0 Å². The number of rotatable bonds is 5. The van der Waals surface area contributed by atoms with E-state index in [0.717, 1.165) is 19.3 Å². The smallest absolute Gasteiger partial charge is 0.220 e. The van der Waals surface area contributed by atoms with Crippen LogP contribution in [0.2, 0.25) is 0 Å². The molecule has 0 aromatic rings. The summed E-state index contributed by atoms with van der Waals surface area (Å²) in [4.78, 5) is 10.7. The van der Waals surface area contributed by atoms with Crippen molar-refractivity contribution in [3.8, 4) is 0 Å². The third kappa shape index (κ3) is 4.16. The van der Waals surface area contributed by atoms with Crippen molar-refractivity contribution in [3.05, 3.63) is 11.6 Å². The Morgan fingerprint density at radius 3 is 2.50 bits per heavy atom. The van der Waals surface area contributed by atoms with Gasteiger partial charge in [0.2, 0.25) is 5.91 Å². The van der Waals surface area contributed by atoms with Gasteiger partial charge in [0.05, 0.1) is 0 Å². The van der Waals surface area contributed by atoms with Gasteiger partial charge in [0, 0.05) is 5.92 Å². The summed E-state index contributed by atoms with van der Waals surface area (Å²) in [6.07, 6.45) is 5.11. The Morgan fingerprint density at radius 1 is 1.58 bits per heavy atom. The van der Waals surface area contributed by atoms with Crippen LogP contribution in [0.1, 0.15) is 40.0 Å². The summed E-state index contributed by atoms with van der Waals surface area (Å²) in [5.41, 5.74) is 6.51. The van der Waals surface area contributed by atoms with Crippen molar-refractivity contribution in [2.24, 2.45) is 11.7 Å². The number of carbonyl (C=O) groups excluding carboxylic acids is 1. The van der Waals surface area contributed by atoms with Crippen LogP contribution in [0.3, 0.4) is 0 Å². The molecule has 0 aromatic heterocycles. The van der Waals surface area contributed by atoms with Crippen LogP contribution in [-0.2, 0) is 4.79 Å². The molecule has 2 nitrogen and oxygen atoms in total. The fourth-order valence-corrected chi connectivity index (χ4v) is 1.18. The zero-order valence-corrected chi connectivity index (χ0v) is 8.26. The first-order valence-electron chi connectivity index (χ1n) is 4.55. The molecule has 0 aromatic carbocycles. The molecule has 0 bridgehead atoms. The Bertz CT molecular complexity index is 173. The summed E-state index contributed by atoms with van der Waals surface area (Å²) < 4.78 is 0. The van der Waals surface area contributed by atoms with Gasteiger partial charge < -0.3 is 5.73 Å². The van der Waals surface area contributed by atoms with E-state index in [0.29, 0.717) is 0 Å². The lowest BCUT2D eigenvalue weighted by Crippen LogP contribution is -2.20. The molecule has 70 valence electrons. The predicted octanol–water partition coefficient (Wildman–Crippen LogP) is 2.24. The number of hydrogen-bond donors (Lipinski definition) is 1. The van der Waals surface area contributed by atoms with Crippen molar-refractivity contribution in [1.82, 2.24) is 0 Å². The van der Waals surface area contributed by atoms with Crippen LogP contribution in [-0.4, -0.2) is 5.91 Å². The van der Waals surface area contributed by atoms with Gasteiger partial charge in [0.1, 0.15) is 0 Å². The monoisotopic (exact) mass is 169 g/mol. The Kier molecular flexibility index (Phi) is 5.43. The highest BCUT2D eigenvalue weighted by atomic mass is 16.1. The molecule has 0 radical (unpaired) electrons. The average molecular weight is 169 g/mol. The van der Waals surface area contributed by atoms with E-state index in [1.807, 2.05) is 13.8 Å². The van der Waals surface area contributed by atoms with Gasteiger partial charge in [-0.2, -0.15) is 0 Å². The summed E-state index contributed by atoms with van der Waals surface area (Å²) in [6, 6.07) is 0. The maximum Gasteiger partial charge on any atom is 0.220 e. The molecule has 2 heteroatoms. The fraction of sp³-hybridized carbons (Fsp3) is 0.700. The van der Waals surface area contributed by atoms with Gasteiger partial charge in [-0.3, -0.25) is 4.79 Å². The largest absolute Gasteiger partial charge is 0.369 e. The van der Waals surface area contributed by atoms with Crippen molar-refractivity contribution < 1.29 is 4.79 Å². The second-order valence-corrected chi connectivity index (χ2v) is 3.20. The van der Waals surface area contributed by atoms with Crippen LogP contribution < -0.4 is 5.73 Å². The molecule has 0 saturated heterocycles. The molecule has 0 aliphatic rings. The molecular formula is C10H19NO. The highest BCUT2D eigenvalue weighted by Gasteiger charge is 2.09. The van der Waals surface area contributed by atoms with Crippen LogP contribution in [0, 0.1) is 5.92 Å². The Morgan fingerprint density at radius 2 is 2.17 bits per heavy atom. The van der Waals surface area contributed by atoms with E-state index in [4.69, 9.17) is 5.73 Å². The molecule has 0 fully saturated rings. The number of nitrogens with two attached hydrogens (primary N) is 1. The van der Waals surface area contributed by atoms with E-state index in [1.54, 1.807) is 0 Å². The number of primary amides is 1. The van der Waals surface area contributed by atoms with Crippen molar-refractivity contribution in [3.63, 3.8) is 0 Å². The number of amides is 1. The molecule has 0 heterocycles. The molecule has 0 spiro atoms. The van der Waals surface area contributed by atoms with E-state index in [2.05, 4.69) is 13.0 Å². The van der Waals surface area contributed by atoms with Crippen LogP contribution in [0.5, 0.6) is 0 Å². The molecule has 1 atom stereocenters. The first-order chi connectivity index (χ1) is 5.61. The van der Waals surface area contributed by atoms with Gasteiger partial charge in [-0.1, -0.05) is 31.9 Å². The van der Waals surface area contributed by atoms with Gasteiger partial charge in [-0.25, -0.2) is 0 Å². The van der Waals surface area contributed by atoms with Gasteiger partial charge in [-0.05, 0) is 19.8 Å². The third-order valence-electron chi connectivity index (χ3n) is 2.03. The summed E-state index contributed by atoms with van der Waals surface area (Å²) >= 11 is 0. The second-order valence-electron chi connectivity index (χ2n) is 3.20. The Labute approximate surface area is 74.8 Å². The summed E-state index contributed by atoms with van der Waals surface area (Å²) in [5.74, 6) is -0.229. The fourth-order valence-electron chi connectivity index (χ4n) is 1.18. The molecule has 0 saturated carbocycles. The molecule has 1 unspecified atom stereocenters. The maximum absolute atomic E-state index is 10.7.